The SMILES string of the molecule is Cn1cc(C2NCCc3sccc32)c(Br)n1. The van der Waals surface area contributed by atoms with Crippen molar-refractivity contribution in [3.8, 4) is 0 Å². The zero-order valence-electron chi connectivity index (χ0n) is 8.90. The van der Waals surface area contributed by atoms with Gasteiger partial charge in [0.15, 0.2) is 0 Å². The highest BCUT2D eigenvalue weighted by Gasteiger charge is 2.25. The van der Waals surface area contributed by atoms with Crippen molar-refractivity contribution in [2.75, 3.05) is 6.54 Å². The smallest absolute Gasteiger partial charge is 0.133 e. The van der Waals surface area contributed by atoms with E-state index in [1.165, 1.54) is 16.0 Å². The Morgan fingerprint density at radius 1 is 1.56 bits per heavy atom. The third kappa shape index (κ3) is 1.63. The molecule has 1 atom stereocenters. The summed E-state index contributed by atoms with van der Waals surface area (Å²) in [5.41, 5.74) is 2.63. The second-order valence-corrected chi connectivity index (χ2v) is 5.74. The highest BCUT2D eigenvalue weighted by atomic mass is 79.9. The van der Waals surface area contributed by atoms with Gasteiger partial charge in [-0.15, -0.1) is 11.3 Å². The average Bonchev–Trinajstić information content (AvgIpc) is 2.84. The monoisotopic (exact) mass is 297 g/mol. The number of nitrogens with one attached hydrogen (secondary N) is 1. The molecule has 0 amide bonds. The van der Waals surface area contributed by atoms with Crippen LogP contribution in [0, 0.1) is 0 Å². The van der Waals surface area contributed by atoms with Gasteiger partial charge in [0.2, 0.25) is 0 Å². The molecule has 1 N–H and O–H groups in total. The van der Waals surface area contributed by atoms with Crippen LogP contribution in [0.4, 0.5) is 0 Å². The highest BCUT2D eigenvalue weighted by Crippen LogP contribution is 2.34. The fraction of sp³-hybridized carbons (Fsp3) is 0.364. The van der Waals surface area contributed by atoms with Crippen LogP contribution in [-0.4, -0.2) is 16.3 Å². The molecule has 3 nitrogen and oxygen atoms in total. The number of halogens is 1. The van der Waals surface area contributed by atoms with E-state index in [4.69, 9.17) is 0 Å². The fourth-order valence-electron chi connectivity index (χ4n) is 2.20. The number of aryl methyl sites for hydroxylation is 1. The van der Waals surface area contributed by atoms with Crippen molar-refractivity contribution in [1.29, 1.82) is 0 Å². The van der Waals surface area contributed by atoms with Gasteiger partial charge in [0.1, 0.15) is 4.60 Å². The summed E-state index contributed by atoms with van der Waals surface area (Å²) in [6.07, 6.45) is 3.22. The minimum absolute atomic E-state index is 0.290. The van der Waals surface area contributed by atoms with Crippen molar-refractivity contribution >= 4 is 27.3 Å². The Morgan fingerprint density at radius 3 is 3.19 bits per heavy atom. The maximum atomic E-state index is 4.34. The van der Waals surface area contributed by atoms with Crippen molar-refractivity contribution in [1.82, 2.24) is 15.1 Å². The van der Waals surface area contributed by atoms with Crippen LogP contribution in [0.1, 0.15) is 22.0 Å². The first-order valence-corrected chi connectivity index (χ1v) is 6.91. The largest absolute Gasteiger partial charge is 0.306 e. The molecule has 0 fully saturated rings. The van der Waals surface area contributed by atoms with Gasteiger partial charge in [0, 0.05) is 30.2 Å². The Balaban J connectivity index is 2.07. The normalized spacial score (nSPS) is 19.8. The molecule has 0 spiro atoms. The van der Waals surface area contributed by atoms with Crippen LogP contribution in [0.5, 0.6) is 0 Å². The van der Waals surface area contributed by atoms with Gasteiger partial charge in [-0.1, -0.05) is 0 Å². The molecule has 0 aromatic carbocycles. The minimum Gasteiger partial charge on any atom is -0.306 e. The van der Waals surface area contributed by atoms with Crippen LogP contribution in [0.3, 0.4) is 0 Å². The van der Waals surface area contributed by atoms with E-state index in [2.05, 4.69) is 44.0 Å². The molecular weight excluding hydrogens is 286 g/mol. The number of aromatic nitrogens is 2. The van der Waals surface area contributed by atoms with E-state index < -0.39 is 0 Å². The standard InChI is InChI=1S/C11H12BrN3S/c1-15-6-8(11(12)14-15)10-7-3-5-16-9(7)2-4-13-10/h3,5-6,10,13H,2,4H2,1H3. The summed E-state index contributed by atoms with van der Waals surface area (Å²) in [7, 11) is 1.95. The van der Waals surface area contributed by atoms with E-state index in [-0.39, 0.29) is 6.04 Å². The number of fused-ring (bicyclic) bond motifs is 1. The molecule has 5 heteroatoms. The Kier molecular flexibility index (Phi) is 2.61. The molecule has 1 aliphatic rings. The molecule has 1 aliphatic heterocycles. The quantitative estimate of drug-likeness (QED) is 0.876. The number of rotatable bonds is 1. The van der Waals surface area contributed by atoms with Gasteiger partial charge >= 0.3 is 0 Å². The first kappa shape index (κ1) is 10.5. The second kappa shape index (κ2) is 3.98. The van der Waals surface area contributed by atoms with E-state index in [1.54, 1.807) is 0 Å². The summed E-state index contributed by atoms with van der Waals surface area (Å²) in [6.45, 7) is 1.04. The molecule has 0 saturated heterocycles. The van der Waals surface area contributed by atoms with E-state index in [0.29, 0.717) is 0 Å². The van der Waals surface area contributed by atoms with Gasteiger partial charge in [0.05, 0.1) is 6.04 Å². The van der Waals surface area contributed by atoms with Crippen LogP contribution >= 0.6 is 27.3 Å². The van der Waals surface area contributed by atoms with Crippen molar-refractivity contribution < 1.29 is 0 Å². The van der Waals surface area contributed by atoms with E-state index >= 15 is 0 Å². The predicted molar refractivity (Wildman–Crippen MR) is 68.8 cm³/mol. The number of thiophene rings is 1. The van der Waals surface area contributed by atoms with Crippen LogP contribution < -0.4 is 5.32 Å². The van der Waals surface area contributed by atoms with Crippen LogP contribution in [0.2, 0.25) is 0 Å². The Hall–Kier alpha value is -0.650. The van der Waals surface area contributed by atoms with Crippen molar-refractivity contribution in [3.05, 3.63) is 38.3 Å². The van der Waals surface area contributed by atoms with Crippen molar-refractivity contribution in [3.63, 3.8) is 0 Å². The van der Waals surface area contributed by atoms with Gasteiger partial charge in [-0.25, -0.2) is 0 Å². The molecule has 0 aliphatic carbocycles. The molecule has 84 valence electrons. The minimum atomic E-state index is 0.290. The third-order valence-electron chi connectivity index (χ3n) is 2.91. The maximum absolute atomic E-state index is 4.34. The van der Waals surface area contributed by atoms with Crippen molar-refractivity contribution in [2.24, 2.45) is 7.05 Å². The predicted octanol–water partition coefficient (Wildman–Crippen LogP) is 2.48. The summed E-state index contributed by atoms with van der Waals surface area (Å²) in [4.78, 5) is 1.50. The molecule has 3 heterocycles. The lowest BCUT2D eigenvalue weighted by molar-refractivity contribution is 0.573. The summed E-state index contributed by atoms with van der Waals surface area (Å²) in [5.74, 6) is 0. The molecule has 3 rings (SSSR count). The molecule has 2 aromatic heterocycles. The Morgan fingerprint density at radius 2 is 2.44 bits per heavy atom. The second-order valence-electron chi connectivity index (χ2n) is 3.99. The lowest BCUT2D eigenvalue weighted by atomic mass is 9.98. The Labute approximate surface area is 107 Å². The van der Waals surface area contributed by atoms with Crippen LogP contribution in [0.25, 0.3) is 0 Å². The molecular formula is C11H12BrN3S. The summed E-state index contributed by atoms with van der Waals surface area (Å²) in [6, 6.07) is 2.51. The topological polar surface area (TPSA) is 29.9 Å². The summed E-state index contributed by atoms with van der Waals surface area (Å²) in [5, 5.41) is 10.1. The van der Waals surface area contributed by atoms with E-state index in [0.717, 1.165) is 17.6 Å². The summed E-state index contributed by atoms with van der Waals surface area (Å²) < 4.78 is 2.79. The lowest BCUT2D eigenvalue weighted by Gasteiger charge is -2.23. The number of hydrogen-bond acceptors (Lipinski definition) is 3. The average molecular weight is 298 g/mol. The maximum Gasteiger partial charge on any atom is 0.133 e. The molecule has 2 aromatic rings. The Bertz CT molecular complexity index is 517. The number of nitrogens with zero attached hydrogens (tertiary/aromatic N) is 2. The van der Waals surface area contributed by atoms with Gasteiger partial charge in [0.25, 0.3) is 0 Å². The van der Waals surface area contributed by atoms with Crippen molar-refractivity contribution in [2.45, 2.75) is 12.5 Å². The first-order valence-electron chi connectivity index (χ1n) is 5.24. The van der Waals surface area contributed by atoms with Gasteiger partial charge < -0.3 is 5.32 Å². The molecule has 0 saturated carbocycles. The van der Waals surface area contributed by atoms with Gasteiger partial charge in [-0.2, -0.15) is 5.10 Å². The van der Waals surface area contributed by atoms with E-state index in [1.807, 2.05) is 23.1 Å². The molecule has 1 unspecified atom stereocenters. The first-order chi connectivity index (χ1) is 7.75. The summed E-state index contributed by atoms with van der Waals surface area (Å²) >= 11 is 5.38. The molecule has 16 heavy (non-hydrogen) atoms. The zero-order chi connectivity index (χ0) is 11.1. The van der Waals surface area contributed by atoms with Gasteiger partial charge in [-0.3, -0.25) is 4.68 Å². The fourth-order valence-corrected chi connectivity index (χ4v) is 3.70. The van der Waals surface area contributed by atoms with E-state index in [9.17, 15) is 0 Å². The van der Waals surface area contributed by atoms with Gasteiger partial charge in [-0.05, 0) is 39.4 Å². The third-order valence-corrected chi connectivity index (χ3v) is 4.53. The molecule has 0 radical (unpaired) electrons. The molecule has 0 bridgehead atoms. The number of hydrogen-bond donors (Lipinski definition) is 1. The highest BCUT2D eigenvalue weighted by molar-refractivity contribution is 9.10. The zero-order valence-corrected chi connectivity index (χ0v) is 11.3. The van der Waals surface area contributed by atoms with Crippen LogP contribution in [-0.2, 0) is 13.5 Å². The van der Waals surface area contributed by atoms with Crippen LogP contribution in [0.15, 0.2) is 22.2 Å². The lowest BCUT2D eigenvalue weighted by Crippen LogP contribution is -2.29.